The molecule has 2 aliphatic heterocycles. The van der Waals surface area contributed by atoms with E-state index in [4.69, 9.17) is 4.74 Å². The highest BCUT2D eigenvalue weighted by Gasteiger charge is 2.24. The lowest BCUT2D eigenvalue weighted by Crippen LogP contribution is -2.46. The van der Waals surface area contributed by atoms with Gasteiger partial charge in [-0.05, 0) is 54.7 Å². The summed E-state index contributed by atoms with van der Waals surface area (Å²) in [6.07, 6.45) is 2.77. The van der Waals surface area contributed by atoms with E-state index in [1.165, 1.54) is 6.42 Å². The summed E-state index contributed by atoms with van der Waals surface area (Å²) >= 11 is 0. The van der Waals surface area contributed by atoms with Crippen molar-refractivity contribution in [2.45, 2.75) is 18.2 Å². The van der Waals surface area contributed by atoms with E-state index in [0.717, 1.165) is 68.1 Å². The number of hydrogen-bond acceptors (Lipinski definition) is 6. The largest absolute Gasteiger partial charge is 0.381 e. The highest BCUT2D eigenvalue weighted by Crippen LogP contribution is 2.28. The maximum absolute atomic E-state index is 13.2. The third-order valence-corrected chi connectivity index (χ3v) is 8.38. The number of hydrogen-bond donors (Lipinski definition) is 1. The number of benzene rings is 2. The number of aryl methyl sites for hydroxylation is 1. The summed E-state index contributed by atoms with van der Waals surface area (Å²) in [4.78, 5) is 9.30. The number of ether oxygens (including phenoxy) is 1. The van der Waals surface area contributed by atoms with Gasteiger partial charge in [0.15, 0.2) is 0 Å². The van der Waals surface area contributed by atoms with E-state index in [2.05, 4.69) is 26.1 Å². The molecule has 0 radical (unpaired) electrons. The maximum Gasteiger partial charge on any atom is 0.264 e. The second-order valence-corrected chi connectivity index (χ2v) is 11.1. The molecule has 0 amide bonds. The minimum Gasteiger partial charge on any atom is -0.381 e. The van der Waals surface area contributed by atoms with Crippen LogP contribution in [0.2, 0.25) is 0 Å². The van der Waals surface area contributed by atoms with Gasteiger partial charge in [0, 0.05) is 56.6 Å². The number of aromatic nitrogens is 1. The van der Waals surface area contributed by atoms with Crippen molar-refractivity contribution in [2.75, 3.05) is 50.7 Å². The third-order valence-electron chi connectivity index (χ3n) is 6.98. The van der Waals surface area contributed by atoms with Crippen LogP contribution >= 0.6 is 0 Å². The van der Waals surface area contributed by atoms with E-state index in [9.17, 15) is 8.42 Å². The Kier molecular flexibility index (Phi) is 6.77. The molecule has 0 spiro atoms. The summed E-state index contributed by atoms with van der Waals surface area (Å²) in [6, 6.07) is 14.6. The third kappa shape index (κ3) is 5.19. The first-order chi connectivity index (χ1) is 16.9. The number of pyridine rings is 1. The quantitative estimate of drug-likeness (QED) is 0.538. The Bertz CT molecular complexity index is 1320. The van der Waals surface area contributed by atoms with Crippen molar-refractivity contribution in [3.63, 3.8) is 0 Å². The average Bonchev–Trinajstić information content (AvgIpc) is 3.38. The van der Waals surface area contributed by atoms with Crippen molar-refractivity contribution in [2.24, 2.45) is 5.92 Å². The second kappa shape index (κ2) is 9.97. The van der Waals surface area contributed by atoms with E-state index >= 15 is 0 Å². The molecule has 2 fully saturated rings. The number of rotatable bonds is 7. The predicted octanol–water partition coefficient (Wildman–Crippen LogP) is 3.97. The molecule has 1 unspecified atom stereocenters. The normalized spacial score (nSPS) is 19.2. The fourth-order valence-electron chi connectivity index (χ4n) is 4.93. The Balaban J connectivity index is 1.26. The Hall–Kier alpha value is -2.94. The van der Waals surface area contributed by atoms with Crippen LogP contribution in [0.1, 0.15) is 17.5 Å². The number of nitrogens with one attached hydrogen (secondary N) is 1. The zero-order valence-electron chi connectivity index (χ0n) is 20.1. The molecule has 8 heteroatoms. The van der Waals surface area contributed by atoms with Crippen molar-refractivity contribution in [1.29, 1.82) is 0 Å². The molecule has 1 aromatic heterocycles. The summed E-state index contributed by atoms with van der Waals surface area (Å²) in [6.45, 7) is 13.1. The zero-order valence-corrected chi connectivity index (χ0v) is 20.9. The van der Waals surface area contributed by atoms with Crippen LogP contribution in [0.25, 0.3) is 16.6 Å². The second-order valence-electron chi connectivity index (χ2n) is 9.43. The predicted molar refractivity (Wildman–Crippen MR) is 140 cm³/mol. The van der Waals surface area contributed by atoms with Crippen molar-refractivity contribution >= 4 is 32.3 Å². The lowest BCUT2D eigenvalue weighted by Gasteiger charge is -2.38. The number of fused-ring (bicyclic) bond motifs is 1. The van der Waals surface area contributed by atoms with Gasteiger partial charge < -0.3 is 9.64 Å². The van der Waals surface area contributed by atoms with Crippen LogP contribution in [-0.2, 0) is 14.8 Å². The number of para-hydroxylation sites is 1. The van der Waals surface area contributed by atoms with Gasteiger partial charge in [-0.2, -0.15) is 0 Å². The standard InChI is InChI=1S/C27H32N4O3S/c1-20-17-24(21(2)31-14-12-30(13-15-31)18-22-10-16-34-19-22)8-9-25(20)29-35(32,33)26-7-3-5-23-6-4-11-28-27(23)26/h3-9,11,17,22,29H,2,10,12-16,18-19H2,1H3. The lowest BCUT2D eigenvalue weighted by molar-refractivity contribution is 0.137. The topological polar surface area (TPSA) is 74.8 Å². The van der Waals surface area contributed by atoms with Crippen LogP contribution in [0, 0.1) is 12.8 Å². The molecule has 0 bridgehead atoms. The van der Waals surface area contributed by atoms with E-state index in [1.54, 1.807) is 24.4 Å². The molecule has 2 saturated heterocycles. The van der Waals surface area contributed by atoms with Gasteiger partial charge >= 0.3 is 0 Å². The first-order valence-corrected chi connectivity index (χ1v) is 13.6. The molecule has 3 aromatic rings. The van der Waals surface area contributed by atoms with Gasteiger partial charge in [-0.1, -0.05) is 30.8 Å². The van der Waals surface area contributed by atoms with Crippen molar-refractivity contribution < 1.29 is 13.2 Å². The molecular weight excluding hydrogens is 460 g/mol. The molecule has 0 aliphatic carbocycles. The summed E-state index contributed by atoms with van der Waals surface area (Å²) in [5.74, 6) is 0.661. The van der Waals surface area contributed by atoms with Crippen LogP contribution in [0.15, 0.2) is 66.2 Å². The molecule has 0 saturated carbocycles. The highest BCUT2D eigenvalue weighted by molar-refractivity contribution is 7.93. The Morgan fingerprint density at radius 2 is 1.94 bits per heavy atom. The fourth-order valence-corrected chi connectivity index (χ4v) is 6.24. The van der Waals surface area contributed by atoms with Crippen LogP contribution in [0.5, 0.6) is 0 Å². The molecular formula is C27H32N4O3S. The molecule has 35 heavy (non-hydrogen) atoms. The molecule has 5 rings (SSSR count). The van der Waals surface area contributed by atoms with Crippen LogP contribution in [0.4, 0.5) is 5.69 Å². The monoisotopic (exact) mass is 492 g/mol. The highest BCUT2D eigenvalue weighted by atomic mass is 32.2. The molecule has 1 N–H and O–H groups in total. The van der Waals surface area contributed by atoms with Crippen LogP contribution < -0.4 is 4.72 Å². The summed E-state index contributed by atoms with van der Waals surface area (Å²) in [7, 11) is -3.79. The molecule has 3 heterocycles. The van der Waals surface area contributed by atoms with Gasteiger partial charge in [-0.3, -0.25) is 14.6 Å². The lowest BCUT2D eigenvalue weighted by atomic mass is 10.1. The van der Waals surface area contributed by atoms with Gasteiger partial charge in [-0.25, -0.2) is 8.42 Å². The molecule has 7 nitrogen and oxygen atoms in total. The first kappa shape index (κ1) is 23.8. The van der Waals surface area contributed by atoms with Crippen LogP contribution in [0.3, 0.4) is 0 Å². The van der Waals surface area contributed by atoms with E-state index < -0.39 is 10.0 Å². The average molecular weight is 493 g/mol. The molecule has 1 atom stereocenters. The molecule has 2 aliphatic rings. The SMILES string of the molecule is C=C(c1ccc(NS(=O)(=O)c2cccc3cccnc23)c(C)c1)N1CCN(CC2CCOC2)CC1. The summed E-state index contributed by atoms with van der Waals surface area (Å²) in [5, 5.41) is 0.787. The molecule has 184 valence electrons. The minimum atomic E-state index is -3.79. The maximum atomic E-state index is 13.2. The summed E-state index contributed by atoms with van der Waals surface area (Å²) < 4.78 is 34.7. The van der Waals surface area contributed by atoms with Crippen molar-refractivity contribution in [1.82, 2.24) is 14.8 Å². The smallest absolute Gasteiger partial charge is 0.264 e. The first-order valence-electron chi connectivity index (χ1n) is 12.1. The van der Waals surface area contributed by atoms with E-state index in [0.29, 0.717) is 17.1 Å². The number of nitrogens with zero attached hydrogens (tertiary/aromatic N) is 3. The number of anilines is 1. The number of piperazine rings is 1. The van der Waals surface area contributed by atoms with Crippen molar-refractivity contribution in [3.8, 4) is 0 Å². The molecule has 2 aromatic carbocycles. The van der Waals surface area contributed by atoms with Gasteiger partial charge in [0.25, 0.3) is 10.0 Å². The van der Waals surface area contributed by atoms with Crippen LogP contribution in [-0.4, -0.2) is 69.1 Å². The Labute approximate surface area is 207 Å². The Morgan fingerprint density at radius 1 is 1.14 bits per heavy atom. The van der Waals surface area contributed by atoms with Crippen molar-refractivity contribution in [3.05, 3.63) is 72.4 Å². The van der Waals surface area contributed by atoms with Gasteiger partial charge in [-0.15, -0.1) is 0 Å². The van der Waals surface area contributed by atoms with E-state index in [-0.39, 0.29) is 4.90 Å². The number of sulfonamides is 1. The van der Waals surface area contributed by atoms with E-state index in [1.807, 2.05) is 37.3 Å². The van der Waals surface area contributed by atoms with Gasteiger partial charge in [0.2, 0.25) is 0 Å². The fraction of sp³-hybridized carbons (Fsp3) is 0.370. The summed E-state index contributed by atoms with van der Waals surface area (Å²) in [5.41, 5.74) is 3.85. The minimum absolute atomic E-state index is 0.172. The van der Waals surface area contributed by atoms with Gasteiger partial charge in [0.05, 0.1) is 17.8 Å². The zero-order chi connectivity index (χ0) is 24.4. The van der Waals surface area contributed by atoms with Gasteiger partial charge in [0.1, 0.15) is 4.90 Å². The Morgan fingerprint density at radius 3 is 2.69 bits per heavy atom.